The maximum Gasteiger partial charge on any atom is 0.249 e. The summed E-state index contributed by atoms with van der Waals surface area (Å²) < 4.78 is 15.0. The summed E-state index contributed by atoms with van der Waals surface area (Å²) >= 11 is 1.05. The van der Waals surface area contributed by atoms with Gasteiger partial charge in [-0.3, -0.25) is 14.3 Å². The zero-order chi connectivity index (χ0) is 32.6. The molecule has 0 saturated heterocycles. The van der Waals surface area contributed by atoms with E-state index in [1.54, 1.807) is 43.5 Å². The summed E-state index contributed by atoms with van der Waals surface area (Å²) in [7, 11) is 3.36. The Morgan fingerprint density at radius 3 is 2.64 bits per heavy atom. The molecule has 1 fully saturated rings. The lowest BCUT2D eigenvalue weighted by Crippen LogP contribution is -2.55. The van der Waals surface area contributed by atoms with Crippen LogP contribution in [0.25, 0.3) is 0 Å². The fraction of sp³-hybridized carbons (Fsp3) is 0.636. The van der Waals surface area contributed by atoms with Crippen LogP contribution in [0.15, 0.2) is 24.4 Å². The van der Waals surface area contributed by atoms with E-state index in [-0.39, 0.29) is 34.7 Å². The van der Waals surface area contributed by atoms with E-state index in [2.05, 4.69) is 52.9 Å². The fourth-order valence-electron chi connectivity index (χ4n) is 5.85. The summed E-state index contributed by atoms with van der Waals surface area (Å²) in [6, 6.07) is 5.31. The van der Waals surface area contributed by atoms with Crippen molar-refractivity contribution in [2.75, 3.05) is 49.0 Å². The highest BCUT2D eigenvalue weighted by Crippen LogP contribution is 2.40. The van der Waals surface area contributed by atoms with E-state index < -0.39 is 0 Å². The molecule has 2 aromatic rings. The third-order valence-corrected chi connectivity index (χ3v) is 9.44. The average molecular weight is 642 g/mol. The molecule has 0 spiro atoms. The number of carbonyl (C=O) groups is 2. The number of likely N-dealkylation sites (N-methyl/N-ethyl adjacent to an activating group) is 1. The van der Waals surface area contributed by atoms with Gasteiger partial charge in [-0.1, -0.05) is 26.7 Å². The second-order valence-corrected chi connectivity index (χ2v) is 13.4. The van der Waals surface area contributed by atoms with Crippen LogP contribution in [0.3, 0.4) is 0 Å². The number of nitrogens with zero attached hydrogens (tertiary/aromatic N) is 4. The highest BCUT2D eigenvalue weighted by atomic mass is 32.2. The van der Waals surface area contributed by atoms with Crippen LogP contribution in [-0.4, -0.2) is 78.6 Å². The van der Waals surface area contributed by atoms with E-state index in [0.29, 0.717) is 41.7 Å². The smallest absolute Gasteiger partial charge is 0.249 e. The van der Waals surface area contributed by atoms with Gasteiger partial charge in [-0.15, -0.1) is 0 Å². The number of nitrogens with one attached hydrogen (secondary N) is 3. The number of ether oxygens (including phenoxy) is 2. The lowest BCUT2D eigenvalue weighted by atomic mass is 10.0. The Bertz CT molecular complexity index is 1300. The summed E-state index contributed by atoms with van der Waals surface area (Å²) in [5, 5.41) is 6.57. The van der Waals surface area contributed by atoms with E-state index >= 15 is 0 Å². The zero-order valence-electron chi connectivity index (χ0n) is 27.9. The monoisotopic (exact) mass is 641 g/mol. The number of amides is 1. The van der Waals surface area contributed by atoms with Gasteiger partial charge in [0.15, 0.2) is 5.82 Å². The van der Waals surface area contributed by atoms with Crippen molar-refractivity contribution in [1.82, 2.24) is 20.0 Å². The number of fused-ring (bicyclic) bond motifs is 1. The topological polar surface area (TPSA) is 121 Å². The van der Waals surface area contributed by atoms with Gasteiger partial charge < -0.3 is 29.9 Å². The number of benzene rings is 1. The molecule has 2 aliphatic rings. The highest BCUT2D eigenvalue weighted by molar-refractivity contribution is 8.12. The standard InChI is InChI=1S/C33H51N7O4S/c1-8-17-34-18-16-33(4,5)44-21-22(3)38-45-31(42)23-14-15-25(28(19-23)43-7)36-32-35-20-27-29(37-32)40(24-12-10-11-13-24)26(9-2)30(41)39(27)6/h14-15,19-20,22,24,26,34,38H,8-13,16-18,21H2,1-7H3,(H,35,36,37). The molecule has 1 aliphatic carbocycles. The number of anilines is 4. The molecule has 4 rings (SSSR count). The molecule has 2 heterocycles. The Labute approximate surface area is 272 Å². The van der Waals surface area contributed by atoms with Crippen molar-refractivity contribution >= 4 is 46.1 Å². The predicted molar refractivity (Wildman–Crippen MR) is 183 cm³/mol. The molecular formula is C33H51N7O4S. The lowest BCUT2D eigenvalue weighted by Gasteiger charge is -2.43. The first-order valence-corrected chi connectivity index (χ1v) is 17.1. The van der Waals surface area contributed by atoms with Crippen molar-refractivity contribution in [2.24, 2.45) is 0 Å². The van der Waals surface area contributed by atoms with Crippen LogP contribution >= 0.6 is 11.9 Å². The SMILES string of the molecule is CCCNCCC(C)(C)OCC(C)NSC(=O)c1ccc(Nc2ncc3c(n2)N(C2CCCC2)C(CC)C(=O)N3C)c(OC)c1. The minimum atomic E-state index is -0.247. The van der Waals surface area contributed by atoms with E-state index in [4.69, 9.17) is 14.5 Å². The molecule has 2 atom stereocenters. The molecule has 2 unspecified atom stereocenters. The van der Waals surface area contributed by atoms with Gasteiger partial charge in [0.25, 0.3) is 0 Å². The number of hydrogen-bond donors (Lipinski definition) is 3. The molecule has 45 heavy (non-hydrogen) atoms. The van der Waals surface area contributed by atoms with Gasteiger partial charge in [0.1, 0.15) is 17.5 Å². The van der Waals surface area contributed by atoms with Gasteiger partial charge in [0, 0.05) is 24.7 Å². The second kappa shape index (κ2) is 16.1. The molecule has 11 nitrogen and oxygen atoms in total. The number of hydrogen-bond acceptors (Lipinski definition) is 11. The fourth-order valence-corrected chi connectivity index (χ4v) is 6.47. The number of rotatable bonds is 16. The quantitative estimate of drug-likeness (QED) is 0.155. The van der Waals surface area contributed by atoms with Crippen LogP contribution in [0.4, 0.5) is 23.1 Å². The van der Waals surface area contributed by atoms with Crippen molar-refractivity contribution in [1.29, 1.82) is 0 Å². The third kappa shape index (κ3) is 8.87. The maximum absolute atomic E-state index is 13.2. The van der Waals surface area contributed by atoms with Crippen LogP contribution in [0.1, 0.15) is 89.9 Å². The molecule has 0 bridgehead atoms. The van der Waals surface area contributed by atoms with Gasteiger partial charge in [-0.25, -0.2) is 4.98 Å². The lowest BCUT2D eigenvalue weighted by molar-refractivity contribution is -0.120. The van der Waals surface area contributed by atoms with E-state index in [9.17, 15) is 9.59 Å². The average Bonchev–Trinajstić information content (AvgIpc) is 3.57. The van der Waals surface area contributed by atoms with Crippen molar-refractivity contribution in [3.05, 3.63) is 30.0 Å². The Kier molecular flexibility index (Phi) is 12.5. The van der Waals surface area contributed by atoms with Crippen LogP contribution in [-0.2, 0) is 9.53 Å². The molecule has 1 aromatic heterocycles. The molecule has 1 saturated carbocycles. The molecule has 12 heteroatoms. The maximum atomic E-state index is 13.2. The number of aromatic nitrogens is 2. The Morgan fingerprint density at radius 2 is 1.96 bits per heavy atom. The Balaban J connectivity index is 1.40. The van der Waals surface area contributed by atoms with Crippen LogP contribution in [0, 0.1) is 0 Å². The van der Waals surface area contributed by atoms with Crippen molar-refractivity contribution in [3.63, 3.8) is 0 Å². The molecule has 3 N–H and O–H groups in total. The number of carbonyl (C=O) groups excluding carboxylic acids is 2. The molecular weight excluding hydrogens is 590 g/mol. The zero-order valence-corrected chi connectivity index (χ0v) is 28.8. The minimum absolute atomic E-state index is 0.0173. The van der Waals surface area contributed by atoms with Gasteiger partial charge >= 0.3 is 0 Å². The third-order valence-electron chi connectivity index (χ3n) is 8.50. The largest absolute Gasteiger partial charge is 0.495 e. The first kappa shape index (κ1) is 34.9. The van der Waals surface area contributed by atoms with Gasteiger partial charge in [-0.2, -0.15) is 4.98 Å². The van der Waals surface area contributed by atoms with Crippen molar-refractivity contribution in [3.8, 4) is 5.75 Å². The molecule has 0 radical (unpaired) electrons. The van der Waals surface area contributed by atoms with E-state index in [0.717, 1.165) is 69.4 Å². The summed E-state index contributed by atoms with van der Waals surface area (Å²) in [5.41, 5.74) is 1.62. The van der Waals surface area contributed by atoms with Gasteiger partial charge in [0.2, 0.25) is 17.0 Å². The first-order chi connectivity index (χ1) is 21.6. The second-order valence-electron chi connectivity index (χ2n) is 12.6. The summed E-state index contributed by atoms with van der Waals surface area (Å²) in [5.74, 6) is 1.76. The molecule has 248 valence electrons. The van der Waals surface area contributed by atoms with E-state index in [1.165, 1.54) is 0 Å². The number of methoxy groups -OCH3 is 1. The highest BCUT2D eigenvalue weighted by Gasteiger charge is 2.41. The predicted octanol–water partition coefficient (Wildman–Crippen LogP) is 5.68. The first-order valence-electron chi connectivity index (χ1n) is 16.3. The molecule has 1 amide bonds. The van der Waals surface area contributed by atoms with Gasteiger partial charge in [0.05, 0.1) is 31.2 Å². The van der Waals surface area contributed by atoms with Crippen molar-refractivity contribution in [2.45, 2.75) is 103 Å². The Morgan fingerprint density at radius 1 is 1.20 bits per heavy atom. The van der Waals surface area contributed by atoms with Gasteiger partial charge in [-0.05, 0) is 96.1 Å². The van der Waals surface area contributed by atoms with Crippen LogP contribution < -0.4 is 29.9 Å². The minimum Gasteiger partial charge on any atom is -0.495 e. The van der Waals surface area contributed by atoms with E-state index in [1.807, 2.05) is 6.92 Å². The summed E-state index contributed by atoms with van der Waals surface area (Å²) in [6.45, 7) is 12.8. The molecule has 1 aromatic carbocycles. The Hall–Kier alpha value is -2.93. The summed E-state index contributed by atoms with van der Waals surface area (Å²) in [4.78, 5) is 39.6. The van der Waals surface area contributed by atoms with Crippen LogP contribution in [0.5, 0.6) is 5.75 Å². The molecule has 1 aliphatic heterocycles. The summed E-state index contributed by atoms with van der Waals surface area (Å²) in [6.07, 6.45) is 8.87. The van der Waals surface area contributed by atoms with Crippen LogP contribution in [0.2, 0.25) is 0 Å². The normalized spacial score (nSPS) is 17.8. The van der Waals surface area contributed by atoms with Crippen molar-refractivity contribution < 1.29 is 19.1 Å².